The molecule has 2 saturated carbocycles. The van der Waals surface area contributed by atoms with Gasteiger partial charge in [-0.15, -0.1) is 0 Å². The van der Waals surface area contributed by atoms with Gasteiger partial charge in [0, 0.05) is 5.41 Å². The van der Waals surface area contributed by atoms with Gasteiger partial charge < -0.3 is 10.2 Å². The molecule has 0 aromatic heterocycles. The van der Waals surface area contributed by atoms with Crippen LogP contribution in [0.2, 0.25) is 0 Å². The molecule has 2 rings (SSSR count). The zero-order valence-electron chi connectivity index (χ0n) is 8.91. The Hall–Kier alpha value is -0.0800. The maximum Gasteiger partial charge on any atom is 0.0512 e. The van der Waals surface area contributed by atoms with Gasteiger partial charge in [0.05, 0.1) is 13.2 Å². The van der Waals surface area contributed by atoms with Gasteiger partial charge in [-0.05, 0) is 24.7 Å². The minimum atomic E-state index is -0.136. The summed E-state index contributed by atoms with van der Waals surface area (Å²) in [5.74, 6) is 1.39. The van der Waals surface area contributed by atoms with Crippen LogP contribution in [0.5, 0.6) is 0 Å². The van der Waals surface area contributed by atoms with Crippen molar-refractivity contribution < 1.29 is 10.2 Å². The largest absolute Gasteiger partial charge is 0.396 e. The van der Waals surface area contributed by atoms with Crippen molar-refractivity contribution in [1.29, 1.82) is 0 Å². The second kappa shape index (κ2) is 4.19. The molecule has 2 aliphatic rings. The van der Waals surface area contributed by atoms with Crippen molar-refractivity contribution in [1.82, 2.24) is 0 Å². The maximum absolute atomic E-state index is 9.52. The van der Waals surface area contributed by atoms with Gasteiger partial charge >= 0.3 is 0 Å². The van der Waals surface area contributed by atoms with E-state index in [0.717, 1.165) is 12.3 Å². The fraction of sp³-hybridized carbons (Fsp3) is 1.00. The number of hydrogen-bond donors (Lipinski definition) is 2. The number of rotatable bonds is 2. The minimum Gasteiger partial charge on any atom is -0.396 e. The fourth-order valence-corrected chi connectivity index (χ4v) is 3.70. The van der Waals surface area contributed by atoms with Gasteiger partial charge in [-0.1, -0.05) is 32.1 Å². The molecule has 14 heavy (non-hydrogen) atoms. The summed E-state index contributed by atoms with van der Waals surface area (Å²) in [7, 11) is 0. The van der Waals surface area contributed by atoms with Crippen molar-refractivity contribution in [3.63, 3.8) is 0 Å². The smallest absolute Gasteiger partial charge is 0.0512 e. The van der Waals surface area contributed by atoms with Gasteiger partial charge in [0.2, 0.25) is 0 Å². The lowest BCUT2D eigenvalue weighted by atomic mass is 9.58. The number of fused-ring (bicyclic) bond motifs is 1. The first kappa shape index (κ1) is 10.4. The Balaban J connectivity index is 2.14. The van der Waals surface area contributed by atoms with E-state index in [1.807, 2.05) is 0 Å². The van der Waals surface area contributed by atoms with Gasteiger partial charge in [0.25, 0.3) is 0 Å². The second-order valence-electron chi connectivity index (χ2n) is 5.22. The van der Waals surface area contributed by atoms with Crippen LogP contribution in [0.25, 0.3) is 0 Å². The molecule has 0 radical (unpaired) electrons. The van der Waals surface area contributed by atoms with Crippen molar-refractivity contribution in [2.75, 3.05) is 13.2 Å². The predicted molar refractivity (Wildman–Crippen MR) is 55.9 cm³/mol. The maximum atomic E-state index is 9.52. The van der Waals surface area contributed by atoms with Gasteiger partial charge in [-0.3, -0.25) is 0 Å². The molecule has 2 aliphatic carbocycles. The highest BCUT2D eigenvalue weighted by Crippen LogP contribution is 2.50. The van der Waals surface area contributed by atoms with Crippen LogP contribution in [0.3, 0.4) is 0 Å². The highest BCUT2D eigenvalue weighted by Gasteiger charge is 2.45. The third-order valence-electron chi connectivity index (χ3n) is 4.58. The first-order valence-corrected chi connectivity index (χ1v) is 6.04. The van der Waals surface area contributed by atoms with E-state index in [1.165, 1.54) is 38.5 Å². The summed E-state index contributed by atoms with van der Waals surface area (Å²) in [6.07, 6.45) is 8.76. The van der Waals surface area contributed by atoms with E-state index in [0.29, 0.717) is 5.92 Å². The Kier molecular flexibility index (Phi) is 3.13. The highest BCUT2D eigenvalue weighted by molar-refractivity contribution is 4.94. The van der Waals surface area contributed by atoms with E-state index in [9.17, 15) is 10.2 Å². The fourth-order valence-electron chi connectivity index (χ4n) is 3.70. The van der Waals surface area contributed by atoms with Crippen LogP contribution in [0.4, 0.5) is 0 Å². The Morgan fingerprint density at radius 1 is 0.929 bits per heavy atom. The average molecular weight is 198 g/mol. The predicted octanol–water partition coefficient (Wildman–Crippen LogP) is 1.95. The topological polar surface area (TPSA) is 40.5 Å². The standard InChI is InChI=1S/C12H22O2/c13-8-12(9-14)7-3-5-10-4-1-2-6-11(10)12/h10-11,13-14H,1-9H2. The Bertz CT molecular complexity index is 185. The molecule has 0 spiro atoms. The van der Waals surface area contributed by atoms with E-state index < -0.39 is 0 Å². The SMILES string of the molecule is OCC1(CO)CCCC2CCCCC21. The molecule has 0 aromatic carbocycles. The quantitative estimate of drug-likeness (QED) is 0.712. The lowest BCUT2D eigenvalue weighted by Crippen LogP contribution is -2.45. The average Bonchev–Trinajstić information content (AvgIpc) is 2.28. The lowest BCUT2D eigenvalue weighted by Gasteiger charge is -2.48. The zero-order chi connectivity index (χ0) is 10.0. The molecule has 0 heterocycles. The first-order chi connectivity index (χ1) is 6.82. The van der Waals surface area contributed by atoms with E-state index in [4.69, 9.17) is 0 Å². The second-order valence-corrected chi connectivity index (χ2v) is 5.22. The molecule has 82 valence electrons. The third kappa shape index (κ3) is 1.59. The van der Waals surface area contributed by atoms with Crippen LogP contribution in [-0.2, 0) is 0 Å². The van der Waals surface area contributed by atoms with Crippen LogP contribution in [0, 0.1) is 17.3 Å². The van der Waals surface area contributed by atoms with Crippen molar-refractivity contribution in [2.24, 2.45) is 17.3 Å². The van der Waals surface area contributed by atoms with Crippen LogP contribution in [0.15, 0.2) is 0 Å². The van der Waals surface area contributed by atoms with E-state index in [2.05, 4.69) is 0 Å². The van der Waals surface area contributed by atoms with Crippen LogP contribution < -0.4 is 0 Å². The lowest BCUT2D eigenvalue weighted by molar-refractivity contribution is -0.0656. The van der Waals surface area contributed by atoms with E-state index >= 15 is 0 Å². The number of aliphatic hydroxyl groups is 2. The summed E-state index contributed by atoms with van der Waals surface area (Å²) < 4.78 is 0. The monoisotopic (exact) mass is 198 g/mol. The molecule has 2 N–H and O–H groups in total. The van der Waals surface area contributed by atoms with Crippen LogP contribution >= 0.6 is 0 Å². The Labute approximate surface area is 86.3 Å². The molecule has 2 nitrogen and oxygen atoms in total. The zero-order valence-corrected chi connectivity index (χ0v) is 8.91. The molecular weight excluding hydrogens is 176 g/mol. The highest BCUT2D eigenvalue weighted by atomic mass is 16.3. The molecule has 0 aromatic rings. The molecule has 2 unspecified atom stereocenters. The summed E-state index contributed by atoms with van der Waals surface area (Å²) in [4.78, 5) is 0. The molecular formula is C12H22O2. The molecule has 0 saturated heterocycles. The van der Waals surface area contributed by atoms with Crippen LogP contribution in [-0.4, -0.2) is 23.4 Å². The molecule has 2 atom stereocenters. The molecule has 2 fully saturated rings. The number of hydrogen-bond acceptors (Lipinski definition) is 2. The van der Waals surface area contributed by atoms with E-state index in [1.54, 1.807) is 0 Å². The van der Waals surface area contributed by atoms with Gasteiger partial charge in [-0.2, -0.15) is 0 Å². The molecule has 2 heteroatoms. The first-order valence-electron chi connectivity index (χ1n) is 6.04. The van der Waals surface area contributed by atoms with Crippen LogP contribution in [0.1, 0.15) is 44.9 Å². The summed E-state index contributed by atoms with van der Waals surface area (Å²) in [5, 5.41) is 19.0. The summed E-state index contributed by atoms with van der Waals surface area (Å²) in [6, 6.07) is 0. The summed E-state index contributed by atoms with van der Waals surface area (Å²) in [5.41, 5.74) is -0.136. The van der Waals surface area contributed by atoms with Gasteiger partial charge in [0.1, 0.15) is 0 Å². The minimum absolute atomic E-state index is 0.136. The molecule has 0 amide bonds. The van der Waals surface area contributed by atoms with Crippen molar-refractivity contribution >= 4 is 0 Å². The van der Waals surface area contributed by atoms with Crippen molar-refractivity contribution in [3.05, 3.63) is 0 Å². The molecule has 0 aliphatic heterocycles. The van der Waals surface area contributed by atoms with Crippen molar-refractivity contribution in [3.8, 4) is 0 Å². The summed E-state index contributed by atoms with van der Waals surface area (Å²) in [6.45, 7) is 0.370. The van der Waals surface area contributed by atoms with Crippen molar-refractivity contribution in [2.45, 2.75) is 44.9 Å². The Morgan fingerprint density at radius 2 is 1.57 bits per heavy atom. The number of aliphatic hydroxyl groups excluding tert-OH is 2. The Morgan fingerprint density at radius 3 is 2.29 bits per heavy atom. The molecule has 0 bridgehead atoms. The van der Waals surface area contributed by atoms with E-state index in [-0.39, 0.29) is 18.6 Å². The van der Waals surface area contributed by atoms with Gasteiger partial charge in [-0.25, -0.2) is 0 Å². The van der Waals surface area contributed by atoms with Gasteiger partial charge in [0.15, 0.2) is 0 Å². The summed E-state index contributed by atoms with van der Waals surface area (Å²) >= 11 is 0. The normalized spacial score (nSPS) is 36.4. The third-order valence-corrected chi connectivity index (χ3v) is 4.58.